The molecule has 19 heavy (non-hydrogen) atoms. The van der Waals surface area contributed by atoms with Gasteiger partial charge in [-0.15, -0.1) is 0 Å². The van der Waals surface area contributed by atoms with E-state index in [1.165, 1.54) is 23.3 Å². The van der Waals surface area contributed by atoms with Crippen LogP contribution in [-0.2, 0) is 0 Å². The summed E-state index contributed by atoms with van der Waals surface area (Å²) in [5, 5.41) is 0. The van der Waals surface area contributed by atoms with Crippen LogP contribution in [-0.4, -0.2) is 12.8 Å². The van der Waals surface area contributed by atoms with Gasteiger partial charge in [0.1, 0.15) is 0 Å². The van der Waals surface area contributed by atoms with E-state index >= 15 is 0 Å². The van der Waals surface area contributed by atoms with Gasteiger partial charge in [0.05, 0.1) is 6.54 Å². The summed E-state index contributed by atoms with van der Waals surface area (Å²) in [5.74, 6) is -1.39. The van der Waals surface area contributed by atoms with Gasteiger partial charge in [-0.3, -0.25) is 4.99 Å². The molecule has 0 spiro atoms. The standard InChI is InChI=1S/C16H17F2N/c1-9-4-14(17)15(18)5-10(9)11-6-16(2,3)13-8-19-7-12(11)13/h4-5,7,11H,6,8H2,1-3H3. The fraction of sp³-hybridized carbons (Fsp3) is 0.438. The smallest absolute Gasteiger partial charge is 0.159 e. The quantitative estimate of drug-likeness (QED) is 0.719. The Kier molecular flexibility index (Phi) is 2.63. The number of rotatable bonds is 1. The Morgan fingerprint density at radius 1 is 1.21 bits per heavy atom. The van der Waals surface area contributed by atoms with Gasteiger partial charge in [-0.25, -0.2) is 8.78 Å². The Balaban J connectivity index is 2.10. The van der Waals surface area contributed by atoms with Crippen molar-refractivity contribution in [3.05, 3.63) is 46.0 Å². The molecule has 1 aliphatic carbocycles. The van der Waals surface area contributed by atoms with E-state index in [-0.39, 0.29) is 11.3 Å². The molecule has 0 aromatic heterocycles. The first-order chi connectivity index (χ1) is 8.90. The van der Waals surface area contributed by atoms with Crippen LogP contribution in [0.25, 0.3) is 0 Å². The molecule has 3 rings (SSSR count). The third kappa shape index (κ3) is 1.83. The molecular formula is C16H17F2N. The predicted molar refractivity (Wildman–Crippen MR) is 72.6 cm³/mol. The molecule has 0 fully saturated rings. The molecule has 3 heteroatoms. The van der Waals surface area contributed by atoms with Crippen molar-refractivity contribution in [2.75, 3.05) is 6.54 Å². The number of allylic oxidation sites excluding steroid dienone is 1. The molecule has 0 N–H and O–H groups in total. The van der Waals surface area contributed by atoms with Crippen LogP contribution in [0.15, 0.2) is 28.3 Å². The van der Waals surface area contributed by atoms with E-state index in [0.717, 1.165) is 24.1 Å². The minimum absolute atomic E-state index is 0.0911. The van der Waals surface area contributed by atoms with Crippen LogP contribution in [0.1, 0.15) is 37.3 Å². The molecule has 0 amide bonds. The van der Waals surface area contributed by atoms with Crippen LogP contribution in [0.2, 0.25) is 0 Å². The third-order valence-corrected chi connectivity index (χ3v) is 4.42. The largest absolute Gasteiger partial charge is 0.288 e. The lowest BCUT2D eigenvalue weighted by Gasteiger charge is -2.23. The molecule has 2 aliphatic rings. The van der Waals surface area contributed by atoms with Crippen molar-refractivity contribution in [3.8, 4) is 0 Å². The van der Waals surface area contributed by atoms with Crippen molar-refractivity contribution < 1.29 is 8.78 Å². The molecular weight excluding hydrogens is 244 g/mol. The molecule has 1 nitrogen and oxygen atoms in total. The monoisotopic (exact) mass is 261 g/mol. The minimum atomic E-state index is -0.771. The van der Waals surface area contributed by atoms with Gasteiger partial charge >= 0.3 is 0 Å². The molecule has 1 unspecified atom stereocenters. The highest BCUT2D eigenvalue weighted by molar-refractivity contribution is 5.86. The van der Waals surface area contributed by atoms with Crippen molar-refractivity contribution >= 4 is 6.21 Å². The average Bonchev–Trinajstić information content (AvgIpc) is 2.88. The summed E-state index contributed by atoms with van der Waals surface area (Å²) in [4.78, 5) is 4.34. The number of nitrogens with zero attached hydrogens (tertiary/aromatic N) is 1. The number of benzene rings is 1. The molecule has 0 saturated heterocycles. The van der Waals surface area contributed by atoms with Crippen LogP contribution in [0.3, 0.4) is 0 Å². The molecule has 0 bridgehead atoms. The summed E-state index contributed by atoms with van der Waals surface area (Å²) < 4.78 is 26.8. The number of aryl methyl sites for hydroxylation is 1. The molecule has 1 aromatic carbocycles. The van der Waals surface area contributed by atoms with E-state index in [2.05, 4.69) is 18.8 Å². The van der Waals surface area contributed by atoms with Crippen LogP contribution in [0.5, 0.6) is 0 Å². The number of hydrogen-bond donors (Lipinski definition) is 0. The van der Waals surface area contributed by atoms with Crippen molar-refractivity contribution in [3.63, 3.8) is 0 Å². The zero-order valence-electron chi connectivity index (χ0n) is 11.4. The maximum Gasteiger partial charge on any atom is 0.159 e. The van der Waals surface area contributed by atoms with Gasteiger partial charge in [0.25, 0.3) is 0 Å². The van der Waals surface area contributed by atoms with Crippen LogP contribution in [0.4, 0.5) is 8.78 Å². The van der Waals surface area contributed by atoms with E-state index < -0.39 is 11.6 Å². The Bertz CT molecular complexity index is 611. The second kappa shape index (κ2) is 3.99. The summed E-state index contributed by atoms with van der Waals surface area (Å²) in [6.07, 6.45) is 2.85. The SMILES string of the molecule is Cc1cc(F)c(F)cc1C1CC(C)(C)C2=C1C=NC2. The maximum absolute atomic E-state index is 13.5. The highest BCUT2D eigenvalue weighted by Gasteiger charge is 2.41. The molecule has 1 aliphatic heterocycles. The first-order valence-corrected chi connectivity index (χ1v) is 6.59. The zero-order chi connectivity index (χ0) is 13.8. The van der Waals surface area contributed by atoms with E-state index in [4.69, 9.17) is 0 Å². The third-order valence-electron chi connectivity index (χ3n) is 4.42. The molecule has 0 saturated carbocycles. The fourth-order valence-electron chi connectivity index (χ4n) is 3.37. The molecule has 1 atom stereocenters. The lowest BCUT2D eigenvalue weighted by Crippen LogP contribution is -2.13. The highest BCUT2D eigenvalue weighted by atomic mass is 19.2. The minimum Gasteiger partial charge on any atom is -0.288 e. The van der Waals surface area contributed by atoms with Gasteiger partial charge in [-0.05, 0) is 53.2 Å². The van der Waals surface area contributed by atoms with Gasteiger partial charge in [-0.1, -0.05) is 13.8 Å². The van der Waals surface area contributed by atoms with E-state index in [0.29, 0.717) is 0 Å². The van der Waals surface area contributed by atoms with Crippen molar-refractivity contribution in [2.24, 2.45) is 10.4 Å². The molecule has 0 radical (unpaired) electrons. The van der Waals surface area contributed by atoms with Gasteiger partial charge in [0, 0.05) is 12.1 Å². The maximum atomic E-state index is 13.5. The summed E-state index contributed by atoms with van der Waals surface area (Å²) in [6, 6.07) is 2.65. The average molecular weight is 261 g/mol. The predicted octanol–water partition coefficient (Wildman–Crippen LogP) is 4.17. The van der Waals surface area contributed by atoms with E-state index in [1.807, 2.05) is 13.1 Å². The van der Waals surface area contributed by atoms with Crippen LogP contribution in [0, 0.1) is 24.0 Å². The summed E-state index contributed by atoms with van der Waals surface area (Å²) in [6.45, 7) is 7.00. The van der Waals surface area contributed by atoms with Crippen molar-refractivity contribution in [1.29, 1.82) is 0 Å². The lowest BCUT2D eigenvalue weighted by molar-refractivity contribution is 0.417. The number of halogens is 2. The Morgan fingerprint density at radius 3 is 2.63 bits per heavy atom. The normalized spacial score (nSPS) is 24.2. The van der Waals surface area contributed by atoms with Gasteiger partial charge in [-0.2, -0.15) is 0 Å². The second-order valence-corrected chi connectivity index (χ2v) is 6.17. The Morgan fingerprint density at radius 2 is 1.89 bits per heavy atom. The Labute approximate surface area is 112 Å². The van der Waals surface area contributed by atoms with E-state index in [1.54, 1.807) is 0 Å². The summed E-state index contributed by atoms with van der Waals surface area (Å²) in [5.41, 5.74) is 4.35. The first kappa shape index (κ1) is 12.5. The number of hydrogen-bond acceptors (Lipinski definition) is 1. The highest BCUT2D eigenvalue weighted by Crippen LogP contribution is 2.51. The molecule has 100 valence electrons. The fourth-order valence-corrected chi connectivity index (χ4v) is 3.37. The Hall–Kier alpha value is -1.51. The zero-order valence-corrected chi connectivity index (χ0v) is 11.4. The van der Waals surface area contributed by atoms with Crippen LogP contribution < -0.4 is 0 Å². The van der Waals surface area contributed by atoms with Crippen molar-refractivity contribution in [2.45, 2.75) is 33.1 Å². The van der Waals surface area contributed by atoms with Crippen molar-refractivity contribution in [1.82, 2.24) is 0 Å². The van der Waals surface area contributed by atoms with E-state index in [9.17, 15) is 8.78 Å². The summed E-state index contributed by atoms with van der Waals surface area (Å²) in [7, 11) is 0. The summed E-state index contributed by atoms with van der Waals surface area (Å²) >= 11 is 0. The van der Waals surface area contributed by atoms with Gasteiger partial charge in [0.15, 0.2) is 11.6 Å². The lowest BCUT2D eigenvalue weighted by atomic mass is 9.82. The molecule has 1 aromatic rings. The molecule has 1 heterocycles. The number of aliphatic imine (C=N–C) groups is 1. The van der Waals surface area contributed by atoms with Gasteiger partial charge < -0.3 is 0 Å². The van der Waals surface area contributed by atoms with Gasteiger partial charge in [0.2, 0.25) is 0 Å². The second-order valence-electron chi connectivity index (χ2n) is 6.17. The topological polar surface area (TPSA) is 12.4 Å². The van der Waals surface area contributed by atoms with Crippen LogP contribution >= 0.6 is 0 Å². The first-order valence-electron chi connectivity index (χ1n) is 6.59.